The van der Waals surface area contributed by atoms with Crippen molar-refractivity contribution in [2.45, 2.75) is 51.7 Å². The molecule has 1 amide bonds. The van der Waals surface area contributed by atoms with E-state index in [1.807, 2.05) is 20.9 Å². The van der Waals surface area contributed by atoms with Crippen LogP contribution in [0.15, 0.2) is 18.3 Å². The molecule has 2 aliphatic heterocycles. The molecule has 1 saturated heterocycles. The van der Waals surface area contributed by atoms with E-state index in [0.29, 0.717) is 30.0 Å². The molecule has 0 radical (unpaired) electrons. The van der Waals surface area contributed by atoms with Crippen LogP contribution in [0, 0.1) is 19.7 Å². The highest BCUT2D eigenvalue weighted by molar-refractivity contribution is 5.81. The Kier molecular flexibility index (Phi) is 5.50. The Hall–Kier alpha value is -2.54. The molecule has 0 saturated carbocycles. The van der Waals surface area contributed by atoms with Crippen LogP contribution in [0.25, 0.3) is 11.3 Å². The van der Waals surface area contributed by atoms with Gasteiger partial charge in [0.05, 0.1) is 29.7 Å². The Labute approximate surface area is 170 Å². The van der Waals surface area contributed by atoms with Crippen LogP contribution in [0.5, 0.6) is 5.75 Å². The lowest BCUT2D eigenvalue weighted by molar-refractivity contribution is -0.127. The van der Waals surface area contributed by atoms with Crippen molar-refractivity contribution in [3.63, 3.8) is 0 Å². The van der Waals surface area contributed by atoms with Crippen molar-refractivity contribution in [1.82, 2.24) is 20.2 Å². The maximum Gasteiger partial charge on any atom is 0.237 e. The second kappa shape index (κ2) is 8.06. The Bertz CT molecular complexity index is 933. The number of aromatic nitrogens is 2. The summed E-state index contributed by atoms with van der Waals surface area (Å²) in [5, 5.41) is 3.00. The number of rotatable bonds is 4. The number of ether oxygens (including phenoxy) is 1. The van der Waals surface area contributed by atoms with Crippen molar-refractivity contribution in [2.24, 2.45) is 0 Å². The van der Waals surface area contributed by atoms with Crippen LogP contribution in [0.4, 0.5) is 4.39 Å². The van der Waals surface area contributed by atoms with Gasteiger partial charge in [-0.05, 0) is 52.4 Å². The first kappa shape index (κ1) is 19.8. The first-order valence-corrected chi connectivity index (χ1v) is 10.2. The first-order valence-electron chi connectivity index (χ1n) is 10.2. The molecule has 7 heteroatoms. The van der Waals surface area contributed by atoms with Gasteiger partial charge in [-0.3, -0.25) is 14.7 Å². The van der Waals surface area contributed by atoms with Gasteiger partial charge in [0, 0.05) is 23.7 Å². The van der Waals surface area contributed by atoms with Gasteiger partial charge in [0.15, 0.2) is 0 Å². The maximum atomic E-state index is 14.5. The fraction of sp³-hybridized carbons (Fsp3) is 0.500. The second-order valence-electron chi connectivity index (χ2n) is 8.03. The predicted molar refractivity (Wildman–Crippen MR) is 108 cm³/mol. The average molecular weight is 398 g/mol. The summed E-state index contributed by atoms with van der Waals surface area (Å²) >= 11 is 0. The van der Waals surface area contributed by atoms with Gasteiger partial charge in [0.25, 0.3) is 0 Å². The van der Waals surface area contributed by atoms with Crippen LogP contribution in [-0.2, 0) is 11.2 Å². The summed E-state index contributed by atoms with van der Waals surface area (Å²) in [4.78, 5) is 23.6. The van der Waals surface area contributed by atoms with E-state index in [4.69, 9.17) is 4.74 Å². The fourth-order valence-electron chi connectivity index (χ4n) is 4.20. The van der Waals surface area contributed by atoms with Gasteiger partial charge in [-0.25, -0.2) is 9.37 Å². The van der Waals surface area contributed by atoms with Gasteiger partial charge in [0.2, 0.25) is 5.91 Å². The van der Waals surface area contributed by atoms with Crippen LogP contribution in [-0.4, -0.2) is 53.1 Å². The van der Waals surface area contributed by atoms with Gasteiger partial charge in [-0.15, -0.1) is 0 Å². The Morgan fingerprint density at radius 1 is 1.34 bits per heavy atom. The molecular formula is C22H27FN4O2. The topological polar surface area (TPSA) is 67.3 Å². The third-order valence-electron chi connectivity index (χ3n) is 5.83. The van der Waals surface area contributed by atoms with Crippen molar-refractivity contribution in [1.29, 1.82) is 0 Å². The molecule has 0 aliphatic carbocycles. The van der Waals surface area contributed by atoms with E-state index in [9.17, 15) is 9.18 Å². The number of piperidine rings is 1. The number of aryl methyl sites for hydroxylation is 2. The number of nitrogens with zero attached hydrogens (tertiary/aromatic N) is 3. The van der Waals surface area contributed by atoms with E-state index in [0.717, 1.165) is 42.8 Å². The summed E-state index contributed by atoms with van der Waals surface area (Å²) in [7, 11) is 1.98. The largest absolute Gasteiger partial charge is 0.487 e. The number of hydrogen-bond donors (Lipinski definition) is 1. The number of halogens is 1. The van der Waals surface area contributed by atoms with Crippen LogP contribution in [0.2, 0.25) is 0 Å². The third kappa shape index (κ3) is 3.96. The predicted octanol–water partition coefficient (Wildman–Crippen LogP) is 2.80. The zero-order valence-corrected chi connectivity index (χ0v) is 17.2. The van der Waals surface area contributed by atoms with Gasteiger partial charge in [-0.2, -0.15) is 0 Å². The molecule has 0 spiro atoms. The molecule has 3 heterocycles. The number of benzene rings is 1. The van der Waals surface area contributed by atoms with Crippen LogP contribution in [0.1, 0.15) is 36.2 Å². The normalized spacial score (nSPS) is 21.5. The van der Waals surface area contributed by atoms with Crippen LogP contribution in [0.3, 0.4) is 0 Å². The summed E-state index contributed by atoms with van der Waals surface area (Å²) in [6.45, 7) is 5.05. The quantitative estimate of drug-likeness (QED) is 0.858. The van der Waals surface area contributed by atoms with E-state index >= 15 is 0 Å². The number of carbonyl (C=O) groups excluding carboxylic acids is 1. The lowest BCUT2D eigenvalue weighted by Crippen LogP contribution is -2.49. The zero-order chi connectivity index (χ0) is 20.5. The van der Waals surface area contributed by atoms with Crippen molar-refractivity contribution < 1.29 is 13.9 Å². The molecule has 1 fully saturated rings. The minimum absolute atomic E-state index is 0.0212. The maximum absolute atomic E-state index is 14.5. The number of amides is 1. The Morgan fingerprint density at radius 2 is 2.17 bits per heavy atom. The lowest BCUT2D eigenvalue weighted by Gasteiger charge is -2.31. The molecule has 2 aromatic rings. The van der Waals surface area contributed by atoms with Crippen molar-refractivity contribution in [3.05, 3.63) is 41.1 Å². The van der Waals surface area contributed by atoms with Gasteiger partial charge in [-0.1, -0.05) is 6.42 Å². The summed E-state index contributed by atoms with van der Waals surface area (Å²) in [6.07, 6.45) is 4.91. The highest BCUT2D eigenvalue weighted by atomic mass is 19.1. The minimum Gasteiger partial charge on any atom is -0.487 e. The van der Waals surface area contributed by atoms with Crippen molar-refractivity contribution in [3.8, 4) is 17.0 Å². The molecule has 1 N–H and O–H groups in total. The van der Waals surface area contributed by atoms with E-state index < -0.39 is 0 Å². The van der Waals surface area contributed by atoms with Gasteiger partial charge >= 0.3 is 0 Å². The molecule has 2 atom stereocenters. The zero-order valence-electron chi connectivity index (χ0n) is 17.2. The molecule has 1 aromatic heterocycles. The molecule has 4 rings (SSSR count). The highest BCUT2D eigenvalue weighted by Crippen LogP contribution is 2.40. The van der Waals surface area contributed by atoms with Crippen molar-refractivity contribution in [2.75, 3.05) is 20.1 Å². The molecule has 29 heavy (non-hydrogen) atoms. The fourth-order valence-corrected chi connectivity index (χ4v) is 4.20. The molecule has 1 aromatic carbocycles. The number of carbonyl (C=O) groups is 1. The first-order chi connectivity index (χ1) is 13.9. The van der Waals surface area contributed by atoms with E-state index in [1.54, 1.807) is 12.3 Å². The minimum atomic E-state index is -0.295. The summed E-state index contributed by atoms with van der Waals surface area (Å²) in [5.41, 5.74) is 3.55. The SMILES string of the molecule is Cc1cnc(C)c(-c2ccc(F)c3c2O[C@H](CNC(=O)[C@@H]2CCCCN2C)C3)n1. The van der Waals surface area contributed by atoms with Crippen LogP contribution < -0.4 is 10.1 Å². The third-order valence-corrected chi connectivity index (χ3v) is 5.83. The smallest absolute Gasteiger partial charge is 0.237 e. The van der Waals surface area contributed by atoms with E-state index in [-0.39, 0.29) is 23.9 Å². The van der Waals surface area contributed by atoms with E-state index in [1.165, 1.54) is 6.07 Å². The standard InChI is InChI=1S/C22H27FN4O2/c1-13-11-24-14(2)20(26-13)16-7-8-18(23)17-10-15(29-21(16)17)12-25-22(28)19-6-4-5-9-27(19)3/h7-8,11,15,19H,4-6,9-10,12H2,1-3H3,(H,25,28)/t15-,19-/m0/s1. The summed E-state index contributed by atoms with van der Waals surface area (Å²) in [6, 6.07) is 3.06. The second-order valence-corrected chi connectivity index (χ2v) is 8.03. The molecule has 0 unspecified atom stereocenters. The number of hydrogen-bond acceptors (Lipinski definition) is 5. The summed E-state index contributed by atoms with van der Waals surface area (Å²) in [5.74, 6) is 0.248. The molecule has 2 aliphatic rings. The Morgan fingerprint density at radius 3 is 2.97 bits per heavy atom. The summed E-state index contributed by atoms with van der Waals surface area (Å²) < 4.78 is 20.6. The monoisotopic (exact) mass is 398 g/mol. The molecule has 6 nitrogen and oxygen atoms in total. The highest BCUT2D eigenvalue weighted by Gasteiger charge is 2.31. The lowest BCUT2D eigenvalue weighted by atomic mass is 10.0. The molecule has 0 bridgehead atoms. The number of likely N-dealkylation sites (N-methyl/N-ethyl adjacent to an activating group) is 1. The Balaban J connectivity index is 1.50. The van der Waals surface area contributed by atoms with Gasteiger partial charge in [0.1, 0.15) is 17.7 Å². The number of likely N-dealkylation sites (tertiary alicyclic amines) is 1. The van der Waals surface area contributed by atoms with Crippen LogP contribution >= 0.6 is 0 Å². The van der Waals surface area contributed by atoms with Crippen molar-refractivity contribution >= 4 is 5.91 Å². The average Bonchev–Trinajstić information content (AvgIpc) is 3.14. The molecular weight excluding hydrogens is 371 g/mol. The van der Waals surface area contributed by atoms with Gasteiger partial charge < -0.3 is 10.1 Å². The number of fused-ring (bicyclic) bond motifs is 1. The van der Waals surface area contributed by atoms with E-state index in [2.05, 4.69) is 20.2 Å². The number of nitrogens with one attached hydrogen (secondary N) is 1. The molecule has 154 valence electrons.